The summed E-state index contributed by atoms with van der Waals surface area (Å²) in [7, 11) is -2.38. The SMILES string of the molecule is COc1ccc(NS(=O)(=O)c2cc(C(=O)N[C@H](C)c3ccc4c(c3)OCCO4)ccc2C)cc1. The third-order valence-electron chi connectivity index (χ3n) is 5.50. The number of ether oxygens (including phenoxy) is 3. The molecule has 0 aromatic heterocycles. The lowest BCUT2D eigenvalue weighted by Gasteiger charge is -2.21. The Morgan fingerprint density at radius 1 is 0.971 bits per heavy atom. The lowest BCUT2D eigenvalue weighted by atomic mass is 10.1. The summed E-state index contributed by atoms with van der Waals surface area (Å²) < 4.78 is 44.9. The Kier molecular flexibility index (Phi) is 6.65. The lowest BCUT2D eigenvalue weighted by Crippen LogP contribution is -2.27. The van der Waals surface area contributed by atoms with Crippen LogP contribution in [0, 0.1) is 6.92 Å². The molecule has 3 aromatic carbocycles. The van der Waals surface area contributed by atoms with Crippen LogP contribution in [0.5, 0.6) is 17.2 Å². The summed E-state index contributed by atoms with van der Waals surface area (Å²) in [5, 5.41) is 2.92. The Balaban J connectivity index is 1.51. The topological polar surface area (TPSA) is 103 Å². The van der Waals surface area contributed by atoms with Crippen molar-refractivity contribution in [3.63, 3.8) is 0 Å². The van der Waals surface area contributed by atoms with Gasteiger partial charge in [-0.2, -0.15) is 0 Å². The molecule has 1 amide bonds. The number of methoxy groups -OCH3 is 1. The maximum absolute atomic E-state index is 13.0. The van der Waals surface area contributed by atoms with Gasteiger partial charge in [-0.15, -0.1) is 0 Å². The molecule has 0 aliphatic carbocycles. The van der Waals surface area contributed by atoms with E-state index in [4.69, 9.17) is 14.2 Å². The molecule has 1 aliphatic rings. The van der Waals surface area contributed by atoms with E-state index >= 15 is 0 Å². The maximum atomic E-state index is 13.0. The van der Waals surface area contributed by atoms with Crippen molar-refractivity contribution < 1.29 is 27.4 Å². The number of benzene rings is 3. The first-order chi connectivity index (χ1) is 16.3. The summed E-state index contributed by atoms with van der Waals surface area (Å²) in [4.78, 5) is 13.0. The van der Waals surface area contributed by atoms with Crippen LogP contribution in [0.25, 0.3) is 0 Å². The summed E-state index contributed by atoms with van der Waals surface area (Å²) in [6.45, 7) is 4.51. The average Bonchev–Trinajstić information content (AvgIpc) is 2.84. The number of rotatable bonds is 7. The number of aryl methyl sites for hydroxylation is 1. The van der Waals surface area contributed by atoms with Crippen molar-refractivity contribution >= 4 is 21.6 Å². The number of hydrogen-bond acceptors (Lipinski definition) is 6. The van der Waals surface area contributed by atoms with Gasteiger partial charge < -0.3 is 19.5 Å². The zero-order valence-electron chi connectivity index (χ0n) is 19.1. The van der Waals surface area contributed by atoms with Crippen molar-refractivity contribution in [2.24, 2.45) is 0 Å². The molecule has 0 unspecified atom stereocenters. The number of hydrogen-bond donors (Lipinski definition) is 2. The fraction of sp³-hybridized carbons (Fsp3) is 0.240. The summed E-state index contributed by atoms with van der Waals surface area (Å²) in [5.41, 5.74) is 2.00. The van der Waals surface area contributed by atoms with Crippen LogP contribution in [-0.4, -0.2) is 34.6 Å². The largest absolute Gasteiger partial charge is 0.497 e. The van der Waals surface area contributed by atoms with Gasteiger partial charge >= 0.3 is 0 Å². The van der Waals surface area contributed by atoms with E-state index in [1.54, 1.807) is 43.3 Å². The van der Waals surface area contributed by atoms with Gasteiger partial charge in [-0.25, -0.2) is 8.42 Å². The molecular weight excluding hydrogens is 456 g/mol. The van der Waals surface area contributed by atoms with Crippen molar-refractivity contribution in [1.29, 1.82) is 0 Å². The Bertz CT molecular complexity index is 1310. The number of carbonyl (C=O) groups excluding carboxylic acids is 1. The van der Waals surface area contributed by atoms with Gasteiger partial charge in [-0.05, 0) is 73.5 Å². The van der Waals surface area contributed by atoms with Gasteiger partial charge in [0.05, 0.1) is 18.0 Å². The molecule has 4 rings (SSSR count). The van der Waals surface area contributed by atoms with Crippen LogP contribution in [0.3, 0.4) is 0 Å². The molecule has 1 atom stereocenters. The predicted molar refractivity (Wildman–Crippen MR) is 128 cm³/mol. The third-order valence-corrected chi connectivity index (χ3v) is 7.02. The fourth-order valence-corrected chi connectivity index (χ4v) is 4.92. The van der Waals surface area contributed by atoms with E-state index in [9.17, 15) is 13.2 Å². The van der Waals surface area contributed by atoms with Gasteiger partial charge in [0.2, 0.25) is 0 Å². The van der Waals surface area contributed by atoms with Crippen LogP contribution in [0.15, 0.2) is 65.6 Å². The molecule has 0 saturated heterocycles. The first-order valence-electron chi connectivity index (χ1n) is 10.7. The number of amides is 1. The fourth-order valence-electron chi connectivity index (χ4n) is 3.59. The van der Waals surface area contributed by atoms with Gasteiger partial charge in [0.15, 0.2) is 11.5 Å². The van der Waals surface area contributed by atoms with E-state index in [0.29, 0.717) is 41.7 Å². The lowest BCUT2D eigenvalue weighted by molar-refractivity contribution is 0.0939. The number of sulfonamides is 1. The molecule has 0 spiro atoms. The Hall–Kier alpha value is -3.72. The maximum Gasteiger partial charge on any atom is 0.262 e. The molecule has 8 nitrogen and oxygen atoms in total. The second-order valence-electron chi connectivity index (χ2n) is 7.91. The van der Waals surface area contributed by atoms with Crippen LogP contribution in [0.2, 0.25) is 0 Å². The Labute approximate surface area is 198 Å². The molecule has 0 bridgehead atoms. The zero-order valence-corrected chi connectivity index (χ0v) is 19.9. The number of carbonyl (C=O) groups is 1. The molecule has 34 heavy (non-hydrogen) atoms. The molecule has 1 aliphatic heterocycles. The number of fused-ring (bicyclic) bond motifs is 1. The first kappa shape index (κ1) is 23.4. The highest BCUT2D eigenvalue weighted by atomic mass is 32.2. The number of nitrogens with one attached hydrogen (secondary N) is 2. The van der Waals surface area contributed by atoms with Gasteiger partial charge in [0.1, 0.15) is 19.0 Å². The van der Waals surface area contributed by atoms with E-state index < -0.39 is 10.0 Å². The summed E-state index contributed by atoms with van der Waals surface area (Å²) in [6, 6.07) is 16.3. The minimum Gasteiger partial charge on any atom is -0.497 e. The Morgan fingerprint density at radius 3 is 2.38 bits per heavy atom. The quantitative estimate of drug-likeness (QED) is 0.526. The molecule has 178 valence electrons. The van der Waals surface area contributed by atoms with Crippen LogP contribution in [0.4, 0.5) is 5.69 Å². The summed E-state index contributed by atoms with van der Waals surface area (Å²) >= 11 is 0. The van der Waals surface area contributed by atoms with Crippen molar-refractivity contribution in [3.05, 3.63) is 77.4 Å². The smallest absolute Gasteiger partial charge is 0.262 e. The van der Waals surface area contributed by atoms with Crippen LogP contribution >= 0.6 is 0 Å². The second-order valence-corrected chi connectivity index (χ2v) is 9.56. The molecule has 0 fully saturated rings. The molecule has 2 N–H and O–H groups in total. The van der Waals surface area contributed by atoms with Gasteiger partial charge in [0.25, 0.3) is 15.9 Å². The van der Waals surface area contributed by atoms with E-state index in [1.807, 2.05) is 25.1 Å². The highest BCUT2D eigenvalue weighted by Crippen LogP contribution is 2.32. The van der Waals surface area contributed by atoms with Crippen molar-refractivity contribution in [2.45, 2.75) is 24.8 Å². The molecule has 1 heterocycles. The van der Waals surface area contributed by atoms with Crippen LogP contribution in [-0.2, 0) is 10.0 Å². The molecular formula is C25H26N2O6S. The Morgan fingerprint density at radius 2 is 1.68 bits per heavy atom. The number of anilines is 1. The van der Waals surface area contributed by atoms with Gasteiger partial charge in [-0.1, -0.05) is 12.1 Å². The first-order valence-corrected chi connectivity index (χ1v) is 12.2. The van der Waals surface area contributed by atoms with Gasteiger partial charge in [-0.3, -0.25) is 9.52 Å². The summed E-state index contributed by atoms with van der Waals surface area (Å²) in [6.07, 6.45) is 0. The minimum absolute atomic E-state index is 0.0305. The monoisotopic (exact) mass is 482 g/mol. The van der Waals surface area contributed by atoms with Crippen LogP contribution in [0.1, 0.15) is 34.5 Å². The highest BCUT2D eigenvalue weighted by Gasteiger charge is 2.21. The minimum atomic E-state index is -3.91. The zero-order chi connectivity index (χ0) is 24.3. The second kappa shape index (κ2) is 9.64. The molecule has 9 heteroatoms. The van der Waals surface area contributed by atoms with Crippen molar-refractivity contribution in [3.8, 4) is 17.2 Å². The van der Waals surface area contributed by atoms with Crippen LogP contribution < -0.4 is 24.2 Å². The normalized spacial score (nSPS) is 13.6. The van der Waals surface area contributed by atoms with Crippen molar-refractivity contribution in [2.75, 3.05) is 25.0 Å². The van der Waals surface area contributed by atoms with Crippen molar-refractivity contribution in [1.82, 2.24) is 5.32 Å². The van der Waals surface area contributed by atoms with E-state index in [1.165, 1.54) is 13.2 Å². The van der Waals surface area contributed by atoms with E-state index in [-0.39, 0.29) is 22.4 Å². The van der Waals surface area contributed by atoms with E-state index in [2.05, 4.69) is 10.0 Å². The van der Waals surface area contributed by atoms with E-state index in [0.717, 1.165) is 5.56 Å². The molecule has 0 radical (unpaired) electrons. The average molecular weight is 483 g/mol. The third kappa shape index (κ3) is 5.09. The highest BCUT2D eigenvalue weighted by molar-refractivity contribution is 7.92. The standard InChI is InChI=1S/C25H26N2O6S/c1-16-4-5-19(15-24(16)34(29,30)27-20-7-9-21(31-3)10-8-20)25(28)26-17(2)18-6-11-22-23(14-18)33-13-12-32-22/h4-11,14-15,17,27H,12-13H2,1-3H3,(H,26,28)/t17-/m1/s1. The predicted octanol–water partition coefficient (Wildman–Crippen LogP) is 4.07. The summed E-state index contributed by atoms with van der Waals surface area (Å²) in [5.74, 6) is 1.54. The molecule has 0 saturated carbocycles. The van der Waals surface area contributed by atoms with Gasteiger partial charge in [0, 0.05) is 11.3 Å². The molecule has 3 aromatic rings.